The summed E-state index contributed by atoms with van der Waals surface area (Å²) in [5.41, 5.74) is 3.91. The van der Waals surface area contributed by atoms with E-state index in [9.17, 15) is 10.1 Å². The van der Waals surface area contributed by atoms with Crippen molar-refractivity contribution in [2.24, 2.45) is 0 Å². The second-order valence-electron chi connectivity index (χ2n) is 6.00. The molecule has 2 aromatic heterocycles. The number of hydrogen-bond acceptors (Lipinski definition) is 5. The van der Waals surface area contributed by atoms with E-state index in [1.807, 2.05) is 18.2 Å². The number of benzene rings is 2. The van der Waals surface area contributed by atoms with Gasteiger partial charge in [0.2, 0.25) is 0 Å². The molecule has 0 spiro atoms. The Kier molecular flexibility index (Phi) is 4.74. The number of nitrogens with one attached hydrogen (secondary N) is 1. The first-order chi connectivity index (χ1) is 13.6. The van der Waals surface area contributed by atoms with Crippen LogP contribution in [0.25, 0.3) is 22.0 Å². The molecule has 2 heterocycles. The highest BCUT2D eigenvalue weighted by Crippen LogP contribution is 2.34. The van der Waals surface area contributed by atoms with Gasteiger partial charge in [0.1, 0.15) is 6.07 Å². The van der Waals surface area contributed by atoms with E-state index in [-0.39, 0.29) is 5.76 Å². The third-order valence-electron chi connectivity index (χ3n) is 4.25. The number of carbonyl (C=O) groups excluding carboxylic acids is 1. The molecule has 28 heavy (non-hydrogen) atoms. The van der Waals surface area contributed by atoms with Crippen LogP contribution in [0.2, 0.25) is 10.0 Å². The highest BCUT2D eigenvalue weighted by atomic mass is 35.5. The van der Waals surface area contributed by atoms with Gasteiger partial charge in [-0.05, 0) is 35.9 Å². The van der Waals surface area contributed by atoms with E-state index in [2.05, 4.69) is 16.4 Å². The van der Waals surface area contributed by atoms with Gasteiger partial charge >= 0.3 is 0 Å². The number of anilines is 2. The lowest BCUT2D eigenvalue weighted by Gasteiger charge is -2.13. The number of nitrogens with zero attached hydrogens (tertiary/aromatic N) is 2. The first kappa shape index (κ1) is 18.1. The van der Waals surface area contributed by atoms with E-state index in [4.69, 9.17) is 27.6 Å². The van der Waals surface area contributed by atoms with Crippen LogP contribution in [0.1, 0.15) is 16.1 Å². The van der Waals surface area contributed by atoms with Crippen LogP contribution in [0, 0.1) is 11.3 Å². The lowest BCUT2D eigenvalue weighted by Crippen LogP contribution is -1.97. The van der Waals surface area contributed by atoms with Crippen LogP contribution in [0.15, 0.2) is 59.3 Å². The number of aromatic nitrogens is 1. The molecule has 136 valence electrons. The van der Waals surface area contributed by atoms with Crippen LogP contribution in [0.4, 0.5) is 11.4 Å². The zero-order valence-electron chi connectivity index (χ0n) is 14.2. The molecule has 0 aliphatic carbocycles. The number of fused-ring (bicyclic) bond motifs is 1. The van der Waals surface area contributed by atoms with Crippen molar-refractivity contribution in [2.45, 2.75) is 0 Å². The zero-order valence-corrected chi connectivity index (χ0v) is 15.8. The summed E-state index contributed by atoms with van der Waals surface area (Å²) in [6.45, 7) is 0. The molecule has 0 aliphatic rings. The monoisotopic (exact) mass is 407 g/mol. The van der Waals surface area contributed by atoms with Crippen LogP contribution in [0.3, 0.4) is 0 Å². The van der Waals surface area contributed by atoms with E-state index in [0.29, 0.717) is 38.8 Å². The molecule has 4 aromatic rings. The molecule has 5 nitrogen and oxygen atoms in total. The SMILES string of the molecule is N#Cc1cnc2cc(-c3coc(C=O)c3)ccc2c1Nc1ccc(Cl)cc1Cl. The summed E-state index contributed by atoms with van der Waals surface area (Å²) in [6, 6.07) is 14.5. The molecule has 0 radical (unpaired) electrons. The Morgan fingerprint density at radius 1 is 1.11 bits per heavy atom. The highest BCUT2D eigenvalue weighted by molar-refractivity contribution is 6.36. The van der Waals surface area contributed by atoms with Crippen LogP contribution in [-0.4, -0.2) is 11.3 Å². The van der Waals surface area contributed by atoms with Gasteiger partial charge in [-0.15, -0.1) is 0 Å². The Balaban J connectivity index is 1.82. The van der Waals surface area contributed by atoms with Crippen LogP contribution in [0.5, 0.6) is 0 Å². The number of aldehydes is 1. The maximum Gasteiger partial charge on any atom is 0.185 e. The van der Waals surface area contributed by atoms with Gasteiger partial charge in [0.15, 0.2) is 12.0 Å². The molecule has 0 saturated carbocycles. The fourth-order valence-corrected chi connectivity index (χ4v) is 3.34. The van der Waals surface area contributed by atoms with Crippen molar-refractivity contribution in [1.82, 2.24) is 4.98 Å². The lowest BCUT2D eigenvalue weighted by molar-refractivity contribution is 0.110. The summed E-state index contributed by atoms with van der Waals surface area (Å²) >= 11 is 12.2. The second kappa shape index (κ2) is 7.35. The minimum absolute atomic E-state index is 0.252. The normalized spacial score (nSPS) is 10.6. The third kappa shape index (κ3) is 3.31. The summed E-state index contributed by atoms with van der Waals surface area (Å²) in [5.74, 6) is 0.252. The summed E-state index contributed by atoms with van der Waals surface area (Å²) in [5, 5.41) is 14.4. The smallest absolute Gasteiger partial charge is 0.185 e. The molecule has 1 N–H and O–H groups in total. The molecule has 7 heteroatoms. The van der Waals surface area contributed by atoms with Crippen molar-refractivity contribution >= 4 is 51.8 Å². The van der Waals surface area contributed by atoms with Crippen molar-refractivity contribution in [3.05, 3.63) is 76.3 Å². The Morgan fingerprint density at radius 2 is 1.96 bits per heavy atom. The van der Waals surface area contributed by atoms with Crippen molar-refractivity contribution in [3.63, 3.8) is 0 Å². The molecule has 0 saturated heterocycles. The maximum absolute atomic E-state index is 10.8. The average Bonchev–Trinajstić information content (AvgIpc) is 3.19. The Labute approximate surface area is 170 Å². The Hall–Kier alpha value is -3.33. The molecular weight excluding hydrogens is 397 g/mol. The molecular formula is C21H11Cl2N3O2. The molecule has 0 bridgehead atoms. The minimum atomic E-state index is 0.252. The van der Waals surface area contributed by atoms with Crippen LogP contribution >= 0.6 is 23.2 Å². The first-order valence-electron chi connectivity index (χ1n) is 8.18. The van der Waals surface area contributed by atoms with E-state index in [1.165, 1.54) is 12.5 Å². The second-order valence-corrected chi connectivity index (χ2v) is 6.84. The van der Waals surface area contributed by atoms with Crippen molar-refractivity contribution in [2.75, 3.05) is 5.32 Å². The van der Waals surface area contributed by atoms with Gasteiger partial charge in [-0.1, -0.05) is 35.3 Å². The molecule has 0 aliphatic heterocycles. The molecule has 0 fully saturated rings. The fourth-order valence-electron chi connectivity index (χ4n) is 2.88. The number of pyridine rings is 1. The Bertz CT molecular complexity index is 1260. The predicted molar refractivity (Wildman–Crippen MR) is 109 cm³/mol. The zero-order chi connectivity index (χ0) is 19.7. The number of hydrogen-bond donors (Lipinski definition) is 1. The molecule has 0 unspecified atom stereocenters. The molecule has 0 amide bonds. The van der Waals surface area contributed by atoms with Crippen molar-refractivity contribution in [1.29, 1.82) is 5.26 Å². The summed E-state index contributed by atoms with van der Waals surface area (Å²) in [6.07, 6.45) is 3.67. The fraction of sp³-hybridized carbons (Fsp3) is 0. The summed E-state index contributed by atoms with van der Waals surface area (Å²) in [4.78, 5) is 15.2. The van der Waals surface area contributed by atoms with E-state index >= 15 is 0 Å². The van der Waals surface area contributed by atoms with Gasteiger partial charge in [-0.2, -0.15) is 5.26 Å². The van der Waals surface area contributed by atoms with E-state index in [1.54, 1.807) is 24.3 Å². The van der Waals surface area contributed by atoms with E-state index < -0.39 is 0 Å². The molecule has 4 rings (SSSR count). The quantitative estimate of drug-likeness (QED) is 0.405. The number of furan rings is 1. The minimum Gasteiger partial charge on any atom is -0.461 e. The third-order valence-corrected chi connectivity index (χ3v) is 4.80. The largest absolute Gasteiger partial charge is 0.461 e. The predicted octanol–water partition coefficient (Wildman–Crippen LogP) is 6.23. The summed E-state index contributed by atoms with van der Waals surface area (Å²) in [7, 11) is 0. The number of carbonyl (C=O) groups is 1. The van der Waals surface area contributed by atoms with Gasteiger partial charge in [-0.3, -0.25) is 9.78 Å². The summed E-state index contributed by atoms with van der Waals surface area (Å²) < 4.78 is 5.17. The average molecular weight is 408 g/mol. The van der Waals surface area contributed by atoms with Gasteiger partial charge in [-0.25, -0.2) is 0 Å². The van der Waals surface area contributed by atoms with Crippen molar-refractivity contribution < 1.29 is 9.21 Å². The number of nitriles is 1. The number of rotatable bonds is 4. The van der Waals surface area contributed by atoms with Crippen LogP contribution < -0.4 is 5.32 Å². The van der Waals surface area contributed by atoms with Gasteiger partial charge in [0.05, 0.1) is 33.7 Å². The van der Waals surface area contributed by atoms with E-state index in [0.717, 1.165) is 16.5 Å². The highest BCUT2D eigenvalue weighted by Gasteiger charge is 2.13. The number of halogens is 2. The Morgan fingerprint density at radius 3 is 2.68 bits per heavy atom. The van der Waals surface area contributed by atoms with Gasteiger partial charge in [0.25, 0.3) is 0 Å². The lowest BCUT2D eigenvalue weighted by atomic mass is 10.0. The van der Waals surface area contributed by atoms with Gasteiger partial charge < -0.3 is 9.73 Å². The first-order valence-corrected chi connectivity index (χ1v) is 8.93. The molecule has 0 atom stereocenters. The molecule has 2 aromatic carbocycles. The van der Waals surface area contributed by atoms with Crippen LogP contribution in [-0.2, 0) is 0 Å². The standard InChI is InChI=1S/C21H11Cl2N3O2/c22-15-2-4-19(18(23)7-15)26-21-14(8-24)9-25-20-6-12(1-3-17(20)21)13-5-16(10-27)28-11-13/h1-7,9-11H,(H,25,26). The van der Waals surface area contributed by atoms with Gasteiger partial charge in [0, 0.05) is 22.2 Å². The van der Waals surface area contributed by atoms with Crippen molar-refractivity contribution in [3.8, 4) is 17.2 Å². The maximum atomic E-state index is 10.8. The topological polar surface area (TPSA) is 78.9 Å².